The van der Waals surface area contributed by atoms with Crippen LogP contribution in [0.25, 0.3) is 0 Å². The first-order valence-corrected chi connectivity index (χ1v) is 5.84. The number of nitro benzene ring substituents is 1. The van der Waals surface area contributed by atoms with Gasteiger partial charge in [0.15, 0.2) is 0 Å². The van der Waals surface area contributed by atoms with Crippen molar-refractivity contribution >= 4 is 28.9 Å². The Kier molecular flexibility index (Phi) is 3.23. The second kappa shape index (κ2) is 4.55. The summed E-state index contributed by atoms with van der Waals surface area (Å²) in [6, 6.07) is 4.08. The molecule has 0 radical (unpaired) electrons. The highest BCUT2D eigenvalue weighted by molar-refractivity contribution is 6.31. The van der Waals surface area contributed by atoms with Gasteiger partial charge < -0.3 is 11.1 Å². The van der Waals surface area contributed by atoms with Crippen molar-refractivity contribution in [1.29, 1.82) is 0 Å². The fourth-order valence-corrected chi connectivity index (χ4v) is 1.96. The Balaban J connectivity index is 2.23. The Labute approximate surface area is 108 Å². The summed E-state index contributed by atoms with van der Waals surface area (Å²) in [5, 5.41) is 13.6. The zero-order chi connectivity index (χ0) is 13.3. The predicted octanol–water partition coefficient (Wildman–Crippen LogP) is 2.07. The zero-order valence-electron chi connectivity index (χ0n) is 9.48. The molecule has 18 heavy (non-hydrogen) atoms. The topological polar surface area (TPSA) is 98.3 Å². The quantitative estimate of drug-likeness (QED) is 0.648. The lowest BCUT2D eigenvalue weighted by atomic mass is 9.77. The summed E-state index contributed by atoms with van der Waals surface area (Å²) in [6.45, 7) is 0. The van der Waals surface area contributed by atoms with Gasteiger partial charge in [0.05, 0.1) is 10.5 Å². The Morgan fingerprint density at radius 1 is 1.50 bits per heavy atom. The molecule has 1 aromatic carbocycles. The van der Waals surface area contributed by atoms with E-state index in [1.165, 1.54) is 18.2 Å². The van der Waals surface area contributed by atoms with E-state index >= 15 is 0 Å². The lowest BCUT2D eigenvalue weighted by molar-refractivity contribution is -0.383. The molecule has 3 N–H and O–H groups in total. The van der Waals surface area contributed by atoms with Crippen LogP contribution in [-0.4, -0.2) is 16.4 Å². The number of rotatable bonds is 3. The Hall–Kier alpha value is -1.66. The van der Waals surface area contributed by atoms with Crippen molar-refractivity contribution in [2.45, 2.75) is 24.8 Å². The average molecular weight is 270 g/mol. The van der Waals surface area contributed by atoms with Gasteiger partial charge in [0.25, 0.3) is 5.69 Å². The predicted molar refractivity (Wildman–Crippen MR) is 67.5 cm³/mol. The van der Waals surface area contributed by atoms with Crippen molar-refractivity contribution < 1.29 is 9.72 Å². The van der Waals surface area contributed by atoms with Crippen LogP contribution >= 0.6 is 11.6 Å². The number of carbonyl (C=O) groups excluding carboxylic acids is 1. The molecule has 0 heterocycles. The number of carbonyl (C=O) groups is 1. The number of anilines is 1. The summed E-state index contributed by atoms with van der Waals surface area (Å²) in [5.41, 5.74) is 4.83. The van der Waals surface area contributed by atoms with Gasteiger partial charge in [0.2, 0.25) is 5.91 Å². The third kappa shape index (κ3) is 2.30. The summed E-state index contributed by atoms with van der Waals surface area (Å²) in [7, 11) is 0. The molecular formula is C11H12ClN3O3. The molecule has 6 nitrogen and oxygen atoms in total. The summed E-state index contributed by atoms with van der Waals surface area (Å²) < 4.78 is 0. The summed E-state index contributed by atoms with van der Waals surface area (Å²) in [6.07, 6.45) is 2.09. The minimum Gasteiger partial charge on any atom is -0.319 e. The molecule has 0 spiro atoms. The molecule has 0 atom stereocenters. The van der Waals surface area contributed by atoms with E-state index in [1.54, 1.807) is 0 Å². The van der Waals surface area contributed by atoms with Crippen molar-refractivity contribution in [3.05, 3.63) is 33.3 Å². The number of nitro groups is 1. The molecule has 1 aliphatic carbocycles. The maximum atomic E-state index is 11.9. The van der Waals surface area contributed by atoms with Crippen LogP contribution in [0, 0.1) is 10.1 Å². The maximum Gasteiger partial charge on any atom is 0.294 e. The van der Waals surface area contributed by atoms with Crippen LogP contribution in [0.15, 0.2) is 18.2 Å². The Morgan fingerprint density at radius 3 is 2.67 bits per heavy atom. The van der Waals surface area contributed by atoms with E-state index in [2.05, 4.69) is 5.32 Å². The number of nitrogens with zero attached hydrogens (tertiary/aromatic N) is 1. The summed E-state index contributed by atoms with van der Waals surface area (Å²) >= 11 is 5.68. The molecule has 0 aromatic heterocycles. The van der Waals surface area contributed by atoms with E-state index in [1.807, 2.05) is 0 Å². The van der Waals surface area contributed by atoms with Gasteiger partial charge in [-0.2, -0.15) is 0 Å². The zero-order valence-corrected chi connectivity index (χ0v) is 10.2. The molecule has 1 fully saturated rings. The second-order valence-corrected chi connectivity index (χ2v) is 4.82. The third-order valence-corrected chi connectivity index (χ3v) is 3.34. The lowest BCUT2D eigenvalue weighted by Gasteiger charge is -2.36. The highest BCUT2D eigenvalue weighted by Gasteiger charge is 2.40. The van der Waals surface area contributed by atoms with Crippen LogP contribution in [-0.2, 0) is 4.79 Å². The van der Waals surface area contributed by atoms with Crippen molar-refractivity contribution in [3.63, 3.8) is 0 Å². The van der Waals surface area contributed by atoms with Crippen LogP contribution in [0.3, 0.4) is 0 Å². The molecule has 1 amide bonds. The number of nitrogens with one attached hydrogen (secondary N) is 1. The van der Waals surface area contributed by atoms with Crippen molar-refractivity contribution in [3.8, 4) is 0 Å². The molecular weight excluding hydrogens is 258 g/mol. The molecule has 0 saturated heterocycles. The maximum absolute atomic E-state index is 11.9. The average Bonchev–Trinajstić information content (AvgIpc) is 2.27. The summed E-state index contributed by atoms with van der Waals surface area (Å²) in [4.78, 5) is 22.1. The lowest BCUT2D eigenvalue weighted by Crippen LogP contribution is -2.56. The molecule has 0 unspecified atom stereocenters. The molecule has 1 saturated carbocycles. The number of nitrogens with two attached hydrogens (primary N) is 1. The van der Waals surface area contributed by atoms with Crippen molar-refractivity contribution in [1.82, 2.24) is 0 Å². The van der Waals surface area contributed by atoms with E-state index in [9.17, 15) is 14.9 Å². The van der Waals surface area contributed by atoms with Crippen LogP contribution < -0.4 is 11.1 Å². The second-order valence-electron chi connectivity index (χ2n) is 4.38. The van der Waals surface area contributed by atoms with Crippen molar-refractivity contribution in [2.24, 2.45) is 5.73 Å². The first-order valence-electron chi connectivity index (χ1n) is 5.47. The number of hydrogen-bond acceptors (Lipinski definition) is 4. The minimum absolute atomic E-state index is 0.117. The van der Waals surface area contributed by atoms with Gasteiger partial charge in [-0.25, -0.2) is 0 Å². The molecule has 1 aliphatic rings. The molecule has 7 heteroatoms. The minimum atomic E-state index is -0.895. The monoisotopic (exact) mass is 269 g/mol. The first kappa shape index (κ1) is 12.8. The van der Waals surface area contributed by atoms with E-state index in [-0.39, 0.29) is 22.3 Å². The van der Waals surface area contributed by atoms with Crippen LogP contribution in [0.5, 0.6) is 0 Å². The fourth-order valence-electron chi connectivity index (χ4n) is 1.79. The fraction of sp³-hybridized carbons (Fsp3) is 0.364. The molecule has 2 rings (SSSR count). The van der Waals surface area contributed by atoms with Crippen LogP contribution in [0.4, 0.5) is 11.4 Å². The van der Waals surface area contributed by atoms with Crippen LogP contribution in [0.2, 0.25) is 5.02 Å². The molecule has 1 aromatic rings. The standard InChI is InChI=1S/C11H12ClN3O3/c12-7-2-3-8(9(6-7)15(17)18)14-10(16)11(13)4-1-5-11/h2-3,6H,1,4-5,13H2,(H,14,16). The van der Waals surface area contributed by atoms with Gasteiger partial charge in [-0.15, -0.1) is 0 Å². The highest BCUT2D eigenvalue weighted by atomic mass is 35.5. The Morgan fingerprint density at radius 2 is 2.17 bits per heavy atom. The smallest absolute Gasteiger partial charge is 0.294 e. The number of benzene rings is 1. The Bertz CT molecular complexity index is 514. The van der Waals surface area contributed by atoms with Gasteiger partial charge in [-0.3, -0.25) is 14.9 Å². The summed E-state index contributed by atoms with van der Waals surface area (Å²) in [5.74, 6) is -0.390. The van der Waals surface area contributed by atoms with E-state index in [0.717, 1.165) is 6.42 Å². The van der Waals surface area contributed by atoms with E-state index in [4.69, 9.17) is 17.3 Å². The first-order chi connectivity index (χ1) is 8.42. The number of amides is 1. The number of hydrogen-bond donors (Lipinski definition) is 2. The molecule has 0 aliphatic heterocycles. The third-order valence-electron chi connectivity index (χ3n) is 3.10. The van der Waals surface area contributed by atoms with E-state index in [0.29, 0.717) is 12.8 Å². The largest absolute Gasteiger partial charge is 0.319 e. The molecule has 96 valence electrons. The van der Waals surface area contributed by atoms with Crippen molar-refractivity contribution in [2.75, 3.05) is 5.32 Å². The van der Waals surface area contributed by atoms with Crippen LogP contribution in [0.1, 0.15) is 19.3 Å². The molecule has 0 bridgehead atoms. The van der Waals surface area contributed by atoms with Gasteiger partial charge in [-0.05, 0) is 31.4 Å². The number of halogens is 1. The van der Waals surface area contributed by atoms with Gasteiger partial charge in [-0.1, -0.05) is 11.6 Å². The van der Waals surface area contributed by atoms with Gasteiger partial charge in [0, 0.05) is 11.1 Å². The highest BCUT2D eigenvalue weighted by Crippen LogP contribution is 2.33. The van der Waals surface area contributed by atoms with E-state index < -0.39 is 10.5 Å². The normalized spacial score (nSPS) is 16.8. The SMILES string of the molecule is NC1(C(=O)Nc2ccc(Cl)cc2[N+](=O)[O-])CCC1. The van der Waals surface area contributed by atoms with Gasteiger partial charge in [0.1, 0.15) is 5.69 Å². The van der Waals surface area contributed by atoms with Gasteiger partial charge >= 0.3 is 0 Å².